The lowest BCUT2D eigenvalue weighted by Crippen LogP contribution is -2.30. The molecular weight excluding hydrogens is 620 g/mol. The van der Waals surface area contributed by atoms with Crippen LogP contribution in [0.15, 0.2) is 78.0 Å². The second-order valence-electron chi connectivity index (χ2n) is 10.5. The molecule has 0 saturated carbocycles. The van der Waals surface area contributed by atoms with Gasteiger partial charge in [0.1, 0.15) is 12.1 Å². The molecule has 11 nitrogen and oxygen atoms in total. The molecule has 0 atom stereocenters. The molecule has 244 valence electrons. The largest absolute Gasteiger partial charge is 0.494 e. The van der Waals surface area contributed by atoms with Crippen molar-refractivity contribution in [2.75, 3.05) is 43.9 Å². The van der Waals surface area contributed by atoms with Crippen molar-refractivity contribution in [1.29, 1.82) is 0 Å². The van der Waals surface area contributed by atoms with E-state index >= 15 is 0 Å². The Labute approximate surface area is 266 Å². The molecule has 5 rings (SSSR count). The number of nitrogens with zero attached hydrogens (tertiary/aromatic N) is 3. The number of aromatic nitrogens is 2. The van der Waals surface area contributed by atoms with Crippen LogP contribution < -0.4 is 19.5 Å². The smallest absolute Gasteiger partial charge is 0.290 e. The summed E-state index contributed by atoms with van der Waals surface area (Å²) >= 11 is 0. The van der Waals surface area contributed by atoms with Crippen LogP contribution in [0.1, 0.15) is 19.3 Å². The van der Waals surface area contributed by atoms with Gasteiger partial charge in [-0.15, -0.1) is 0 Å². The number of piperidine rings is 1. The lowest BCUT2D eigenvalue weighted by Gasteiger charge is -2.28. The number of carboxylic acid groups (broad SMARTS) is 1. The van der Waals surface area contributed by atoms with Gasteiger partial charge in [0.25, 0.3) is 16.5 Å². The standard InChI is InChI=1S/C31H33F2N5O4S.CH2O2/c1-38-14-11-21(12-15-38)13-16-42-30-9-3-22(17-26(30)32)28-19-31(35-20-34-28)36-23-4-6-24(7-5-23)37-43(39,40)25-8-10-29(41-2)27(33)18-25;2-1-3/h3-10,17-21,37H,11-16H2,1-2H3,(H,34,35,36);1H,(H,2,3). The molecule has 0 aliphatic carbocycles. The summed E-state index contributed by atoms with van der Waals surface area (Å²) < 4.78 is 67.2. The first kappa shape index (κ1) is 34.1. The second-order valence-corrected chi connectivity index (χ2v) is 12.2. The highest BCUT2D eigenvalue weighted by atomic mass is 32.2. The summed E-state index contributed by atoms with van der Waals surface area (Å²) in [5, 5.41) is 10.0. The zero-order valence-corrected chi connectivity index (χ0v) is 26.1. The van der Waals surface area contributed by atoms with Gasteiger partial charge in [-0.3, -0.25) is 9.52 Å². The lowest BCUT2D eigenvalue weighted by atomic mass is 9.94. The Bertz CT molecular complexity index is 1720. The maximum absolute atomic E-state index is 14.9. The number of halogens is 2. The van der Waals surface area contributed by atoms with Crippen molar-refractivity contribution < 1.29 is 36.6 Å². The molecule has 0 unspecified atom stereocenters. The number of benzene rings is 3. The van der Waals surface area contributed by atoms with Gasteiger partial charge in [0.15, 0.2) is 23.1 Å². The SMILES string of the molecule is COc1ccc(S(=O)(=O)Nc2ccc(Nc3cc(-c4ccc(OCCC5CCN(C)CC5)c(F)c4)ncn3)cc2)cc1F.O=CO. The summed E-state index contributed by atoms with van der Waals surface area (Å²) in [6.45, 7) is 2.41. The summed E-state index contributed by atoms with van der Waals surface area (Å²) in [5.74, 6) is 0.00936. The van der Waals surface area contributed by atoms with Gasteiger partial charge in [0.05, 0.1) is 24.3 Å². The van der Waals surface area contributed by atoms with E-state index in [9.17, 15) is 17.2 Å². The molecule has 3 N–H and O–H groups in total. The van der Waals surface area contributed by atoms with Crippen LogP contribution in [0, 0.1) is 17.6 Å². The van der Waals surface area contributed by atoms with E-state index in [-0.39, 0.29) is 28.6 Å². The maximum Gasteiger partial charge on any atom is 0.290 e. The van der Waals surface area contributed by atoms with E-state index in [0.29, 0.717) is 35.3 Å². The highest BCUT2D eigenvalue weighted by molar-refractivity contribution is 7.92. The predicted octanol–water partition coefficient (Wildman–Crippen LogP) is 5.79. The Hall–Kier alpha value is -4.82. The number of nitrogens with one attached hydrogen (secondary N) is 2. The number of carbonyl (C=O) groups is 1. The van der Waals surface area contributed by atoms with Gasteiger partial charge < -0.3 is 24.8 Å². The van der Waals surface area contributed by atoms with E-state index in [1.54, 1.807) is 42.5 Å². The molecule has 1 saturated heterocycles. The number of rotatable bonds is 11. The van der Waals surface area contributed by atoms with Crippen LogP contribution in [0.2, 0.25) is 0 Å². The third kappa shape index (κ3) is 9.34. The number of ether oxygens (including phenoxy) is 2. The maximum atomic E-state index is 14.9. The number of methoxy groups -OCH3 is 1. The Morgan fingerprint density at radius 2 is 1.61 bits per heavy atom. The Kier molecular flexibility index (Phi) is 11.8. The summed E-state index contributed by atoms with van der Waals surface area (Å²) in [6.07, 6.45) is 4.56. The van der Waals surface area contributed by atoms with Crippen molar-refractivity contribution in [2.24, 2.45) is 5.92 Å². The molecule has 46 heavy (non-hydrogen) atoms. The third-order valence-corrected chi connectivity index (χ3v) is 8.74. The molecule has 0 spiro atoms. The molecular formula is C32H35F2N5O6S. The summed E-state index contributed by atoms with van der Waals surface area (Å²) in [4.78, 5) is 19.0. The normalized spacial score (nSPS) is 13.7. The number of anilines is 3. The Morgan fingerprint density at radius 3 is 2.26 bits per heavy atom. The van der Waals surface area contributed by atoms with Crippen LogP contribution >= 0.6 is 0 Å². The fourth-order valence-electron chi connectivity index (χ4n) is 4.84. The second kappa shape index (κ2) is 16.0. The van der Waals surface area contributed by atoms with E-state index in [4.69, 9.17) is 19.4 Å². The first-order valence-electron chi connectivity index (χ1n) is 14.4. The van der Waals surface area contributed by atoms with Crippen molar-refractivity contribution in [3.05, 3.63) is 84.7 Å². The summed E-state index contributed by atoms with van der Waals surface area (Å²) in [6, 6.07) is 16.3. The van der Waals surface area contributed by atoms with Crippen molar-refractivity contribution in [3.63, 3.8) is 0 Å². The zero-order valence-electron chi connectivity index (χ0n) is 25.3. The number of hydrogen-bond acceptors (Lipinski definition) is 9. The molecule has 1 fully saturated rings. The topological polar surface area (TPSA) is 143 Å². The molecule has 1 aromatic heterocycles. The van der Waals surface area contributed by atoms with Crippen molar-refractivity contribution >= 4 is 33.7 Å². The van der Waals surface area contributed by atoms with Crippen LogP contribution in [0.4, 0.5) is 26.0 Å². The quantitative estimate of drug-likeness (QED) is 0.170. The van der Waals surface area contributed by atoms with Crippen LogP contribution in [-0.4, -0.2) is 68.7 Å². The molecule has 0 amide bonds. The van der Waals surface area contributed by atoms with Crippen molar-refractivity contribution in [2.45, 2.75) is 24.2 Å². The first-order valence-corrected chi connectivity index (χ1v) is 15.8. The highest BCUT2D eigenvalue weighted by Gasteiger charge is 2.18. The van der Waals surface area contributed by atoms with E-state index in [1.165, 1.54) is 31.6 Å². The van der Waals surface area contributed by atoms with Gasteiger partial charge in [0, 0.05) is 23.0 Å². The molecule has 0 bridgehead atoms. The van der Waals surface area contributed by atoms with Crippen LogP contribution in [0.25, 0.3) is 11.3 Å². The van der Waals surface area contributed by atoms with E-state index in [0.717, 1.165) is 38.4 Å². The van der Waals surface area contributed by atoms with Gasteiger partial charge in [-0.05, 0) is 106 Å². The number of likely N-dealkylation sites (tertiary alicyclic amines) is 1. The first-order chi connectivity index (χ1) is 22.1. The minimum Gasteiger partial charge on any atom is -0.494 e. The lowest BCUT2D eigenvalue weighted by molar-refractivity contribution is -0.122. The molecule has 2 heterocycles. The monoisotopic (exact) mass is 655 g/mol. The van der Waals surface area contributed by atoms with Crippen LogP contribution in [-0.2, 0) is 14.8 Å². The minimum atomic E-state index is -4.02. The van der Waals surface area contributed by atoms with E-state index < -0.39 is 21.7 Å². The molecule has 1 aliphatic rings. The van der Waals surface area contributed by atoms with Crippen LogP contribution in [0.5, 0.6) is 11.5 Å². The average Bonchev–Trinajstić information content (AvgIpc) is 3.04. The third-order valence-electron chi connectivity index (χ3n) is 7.36. The molecule has 14 heteroatoms. The van der Waals surface area contributed by atoms with Gasteiger partial charge >= 0.3 is 0 Å². The molecule has 3 aromatic carbocycles. The zero-order chi connectivity index (χ0) is 33.1. The van der Waals surface area contributed by atoms with E-state index in [2.05, 4.69) is 32.0 Å². The van der Waals surface area contributed by atoms with Crippen LogP contribution in [0.3, 0.4) is 0 Å². The average molecular weight is 656 g/mol. The minimum absolute atomic E-state index is 0.0490. The Balaban J connectivity index is 0.00000154. The number of sulfonamides is 1. The van der Waals surface area contributed by atoms with Gasteiger partial charge in [-0.1, -0.05) is 0 Å². The summed E-state index contributed by atoms with van der Waals surface area (Å²) in [7, 11) is -0.588. The molecule has 4 aromatic rings. The van der Waals surface area contributed by atoms with Gasteiger partial charge in [-0.25, -0.2) is 27.2 Å². The fourth-order valence-corrected chi connectivity index (χ4v) is 5.91. The van der Waals surface area contributed by atoms with Gasteiger partial charge in [0.2, 0.25) is 0 Å². The van der Waals surface area contributed by atoms with Gasteiger partial charge in [-0.2, -0.15) is 0 Å². The Morgan fingerprint density at radius 1 is 0.957 bits per heavy atom. The van der Waals surface area contributed by atoms with E-state index in [1.807, 2.05) is 0 Å². The molecule has 0 radical (unpaired) electrons. The summed E-state index contributed by atoms with van der Waals surface area (Å²) in [5.41, 5.74) is 2.01. The van der Waals surface area contributed by atoms with Crippen molar-refractivity contribution in [1.82, 2.24) is 14.9 Å². The molecule has 1 aliphatic heterocycles. The van der Waals surface area contributed by atoms with Crippen molar-refractivity contribution in [3.8, 4) is 22.8 Å². The predicted molar refractivity (Wildman–Crippen MR) is 170 cm³/mol. The fraction of sp³-hybridized carbons (Fsp3) is 0.281. The number of hydrogen-bond donors (Lipinski definition) is 3. The highest BCUT2D eigenvalue weighted by Crippen LogP contribution is 2.28.